The molecule has 6 nitrogen and oxygen atoms in total. The Morgan fingerprint density at radius 1 is 1.23 bits per heavy atom. The van der Waals surface area contributed by atoms with E-state index < -0.39 is 0 Å². The molecule has 1 amide bonds. The number of carbonyl (C=O) groups excluding carboxylic acids is 1. The van der Waals surface area contributed by atoms with Gasteiger partial charge < -0.3 is 14.4 Å². The fourth-order valence-corrected chi connectivity index (χ4v) is 3.91. The Balaban J connectivity index is 1.66. The van der Waals surface area contributed by atoms with Gasteiger partial charge in [-0.1, -0.05) is 6.92 Å². The number of hydrogen-bond donors (Lipinski definition) is 1. The standard InChI is InChI=1S/C24H30BrN3O3/c1-4-17(3)31-23-21(25)14-18(15-22(23)30-5-2)16-26-27-24(29)19-8-10-20(11-9-19)28-12-6-7-13-28/h8-11,14-17H,4-7,12-13H2,1-3H3,(H,27,29)/b26-16-/t17-/m1/s1. The second-order valence-corrected chi connectivity index (χ2v) is 8.39. The number of benzene rings is 2. The van der Waals surface area contributed by atoms with E-state index >= 15 is 0 Å². The maximum Gasteiger partial charge on any atom is 0.271 e. The van der Waals surface area contributed by atoms with E-state index in [0.717, 1.165) is 35.2 Å². The van der Waals surface area contributed by atoms with E-state index in [4.69, 9.17) is 9.47 Å². The zero-order chi connectivity index (χ0) is 22.2. The highest BCUT2D eigenvalue weighted by atomic mass is 79.9. The van der Waals surface area contributed by atoms with Crippen molar-refractivity contribution < 1.29 is 14.3 Å². The Morgan fingerprint density at radius 3 is 2.58 bits per heavy atom. The molecule has 0 radical (unpaired) electrons. The predicted octanol–water partition coefficient (Wildman–Crippen LogP) is 5.39. The lowest BCUT2D eigenvalue weighted by Crippen LogP contribution is -2.19. The Hall–Kier alpha value is -2.54. The van der Waals surface area contributed by atoms with Crippen LogP contribution in [-0.4, -0.2) is 37.9 Å². The minimum atomic E-state index is -0.245. The second-order valence-electron chi connectivity index (χ2n) is 7.54. The Morgan fingerprint density at radius 2 is 1.94 bits per heavy atom. The van der Waals surface area contributed by atoms with Crippen LogP contribution in [0.5, 0.6) is 11.5 Å². The van der Waals surface area contributed by atoms with Crippen molar-refractivity contribution in [3.05, 3.63) is 52.0 Å². The summed E-state index contributed by atoms with van der Waals surface area (Å²) in [6, 6.07) is 11.4. The van der Waals surface area contributed by atoms with Gasteiger partial charge in [0.15, 0.2) is 11.5 Å². The molecular weight excluding hydrogens is 458 g/mol. The molecule has 0 unspecified atom stereocenters. The normalized spacial score (nSPS) is 14.6. The first-order chi connectivity index (χ1) is 15.0. The molecule has 0 spiro atoms. The fraction of sp³-hybridized carbons (Fsp3) is 0.417. The molecule has 1 N–H and O–H groups in total. The van der Waals surface area contributed by atoms with Gasteiger partial charge in [0.1, 0.15) is 0 Å². The van der Waals surface area contributed by atoms with Crippen LogP contribution in [0.2, 0.25) is 0 Å². The van der Waals surface area contributed by atoms with Gasteiger partial charge in [-0.05, 0) is 91.0 Å². The molecule has 1 aliphatic rings. The minimum Gasteiger partial charge on any atom is -0.490 e. The van der Waals surface area contributed by atoms with Crippen LogP contribution in [0.1, 0.15) is 56.0 Å². The van der Waals surface area contributed by atoms with E-state index in [1.54, 1.807) is 6.21 Å². The number of carbonyl (C=O) groups is 1. The van der Waals surface area contributed by atoms with Gasteiger partial charge >= 0.3 is 0 Å². The lowest BCUT2D eigenvalue weighted by atomic mass is 10.2. The van der Waals surface area contributed by atoms with Crippen LogP contribution in [0.25, 0.3) is 0 Å². The zero-order valence-electron chi connectivity index (χ0n) is 18.4. The molecule has 2 aromatic rings. The van der Waals surface area contributed by atoms with Crippen LogP contribution < -0.4 is 19.8 Å². The first-order valence-corrected chi connectivity index (χ1v) is 11.6. The first-order valence-electron chi connectivity index (χ1n) is 10.8. The highest BCUT2D eigenvalue weighted by Crippen LogP contribution is 2.37. The van der Waals surface area contributed by atoms with E-state index in [1.807, 2.05) is 50.2 Å². The molecule has 0 aromatic heterocycles. The summed E-state index contributed by atoms with van der Waals surface area (Å²) >= 11 is 3.56. The van der Waals surface area contributed by atoms with Crippen molar-refractivity contribution in [1.82, 2.24) is 5.43 Å². The predicted molar refractivity (Wildman–Crippen MR) is 129 cm³/mol. The summed E-state index contributed by atoms with van der Waals surface area (Å²) in [5.74, 6) is 1.07. The third-order valence-corrected chi connectivity index (χ3v) is 5.80. The van der Waals surface area contributed by atoms with Gasteiger partial charge in [-0.25, -0.2) is 5.43 Å². The SMILES string of the molecule is CCOc1cc(/C=N\NC(=O)c2ccc(N3CCCC3)cc2)cc(Br)c1O[C@H](C)CC. The number of hydrazone groups is 1. The van der Waals surface area contributed by atoms with Crippen molar-refractivity contribution in [1.29, 1.82) is 0 Å². The maximum atomic E-state index is 12.4. The molecular formula is C24H30BrN3O3. The smallest absolute Gasteiger partial charge is 0.271 e. The van der Waals surface area contributed by atoms with E-state index in [0.29, 0.717) is 23.7 Å². The fourth-order valence-electron chi connectivity index (χ4n) is 3.35. The van der Waals surface area contributed by atoms with Crippen molar-refractivity contribution in [2.75, 3.05) is 24.6 Å². The third kappa shape index (κ3) is 6.23. The van der Waals surface area contributed by atoms with E-state index in [-0.39, 0.29) is 12.0 Å². The minimum absolute atomic E-state index is 0.0752. The van der Waals surface area contributed by atoms with Crippen LogP contribution >= 0.6 is 15.9 Å². The number of halogens is 1. The molecule has 1 heterocycles. The Labute approximate surface area is 192 Å². The molecule has 1 aliphatic heterocycles. The van der Waals surface area contributed by atoms with Crippen LogP contribution in [0, 0.1) is 0 Å². The number of anilines is 1. The van der Waals surface area contributed by atoms with Crippen LogP contribution in [0.3, 0.4) is 0 Å². The summed E-state index contributed by atoms with van der Waals surface area (Å²) in [5, 5.41) is 4.11. The van der Waals surface area contributed by atoms with E-state index in [9.17, 15) is 4.79 Å². The van der Waals surface area contributed by atoms with Crippen molar-refractivity contribution in [3.63, 3.8) is 0 Å². The summed E-state index contributed by atoms with van der Waals surface area (Å²) in [5.41, 5.74) is 5.12. The van der Waals surface area contributed by atoms with Crippen molar-refractivity contribution >= 4 is 33.7 Å². The molecule has 166 valence electrons. The molecule has 1 atom stereocenters. The molecule has 0 saturated carbocycles. The van der Waals surface area contributed by atoms with Crippen molar-refractivity contribution in [2.45, 2.75) is 46.1 Å². The third-order valence-electron chi connectivity index (χ3n) is 5.21. The monoisotopic (exact) mass is 487 g/mol. The molecule has 31 heavy (non-hydrogen) atoms. The van der Waals surface area contributed by atoms with E-state index in [2.05, 4.69) is 38.3 Å². The number of nitrogens with one attached hydrogen (secondary N) is 1. The topological polar surface area (TPSA) is 63.2 Å². The molecule has 0 bridgehead atoms. The average Bonchev–Trinajstić information content (AvgIpc) is 3.31. The number of rotatable bonds is 9. The second kappa shape index (κ2) is 11.2. The summed E-state index contributed by atoms with van der Waals surface area (Å²) in [4.78, 5) is 14.8. The van der Waals surface area contributed by atoms with Crippen LogP contribution in [0.15, 0.2) is 46.0 Å². The van der Waals surface area contributed by atoms with Gasteiger partial charge in [0.2, 0.25) is 0 Å². The summed E-state index contributed by atoms with van der Waals surface area (Å²) in [6.45, 7) is 8.70. The molecule has 3 rings (SSSR count). The number of nitrogens with zero attached hydrogens (tertiary/aromatic N) is 2. The maximum absolute atomic E-state index is 12.4. The first kappa shape index (κ1) is 23.1. The van der Waals surface area contributed by atoms with Gasteiger partial charge in [-0.2, -0.15) is 5.10 Å². The lowest BCUT2D eigenvalue weighted by molar-refractivity contribution is 0.0955. The summed E-state index contributed by atoms with van der Waals surface area (Å²) < 4.78 is 12.5. The van der Waals surface area contributed by atoms with Crippen LogP contribution in [-0.2, 0) is 0 Å². The summed E-state index contributed by atoms with van der Waals surface area (Å²) in [6.07, 6.45) is 5.01. The lowest BCUT2D eigenvalue weighted by Gasteiger charge is -2.18. The quantitative estimate of drug-likeness (QED) is 0.380. The molecule has 2 aromatic carbocycles. The van der Waals surface area contributed by atoms with Gasteiger partial charge in [0.05, 0.1) is 23.4 Å². The van der Waals surface area contributed by atoms with Gasteiger partial charge in [-0.3, -0.25) is 4.79 Å². The van der Waals surface area contributed by atoms with Crippen LogP contribution in [0.4, 0.5) is 5.69 Å². The number of amides is 1. The molecule has 7 heteroatoms. The Kier molecular flexibility index (Phi) is 8.35. The zero-order valence-corrected chi connectivity index (χ0v) is 19.9. The molecule has 1 fully saturated rings. The van der Waals surface area contributed by atoms with Gasteiger partial charge in [0.25, 0.3) is 5.91 Å². The molecule has 1 saturated heterocycles. The Bertz CT molecular complexity index is 909. The number of hydrogen-bond acceptors (Lipinski definition) is 5. The van der Waals surface area contributed by atoms with Crippen molar-refractivity contribution in [2.24, 2.45) is 5.10 Å². The highest BCUT2D eigenvalue weighted by molar-refractivity contribution is 9.10. The summed E-state index contributed by atoms with van der Waals surface area (Å²) in [7, 11) is 0. The number of ether oxygens (including phenoxy) is 2. The van der Waals surface area contributed by atoms with Crippen molar-refractivity contribution in [3.8, 4) is 11.5 Å². The molecule has 0 aliphatic carbocycles. The largest absolute Gasteiger partial charge is 0.490 e. The van der Waals surface area contributed by atoms with Gasteiger partial charge in [0, 0.05) is 24.3 Å². The van der Waals surface area contributed by atoms with Gasteiger partial charge in [-0.15, -0.1) is 0 Å². The highest BCUT2D eigenvalue weighted by Gasteiger charge is 2.15. The average molecular weight is 488 g/mol. The van der Waals surface area contributed by atoms with E-state index in [1.165, 1.54) is 12.8 Å².